The van der Waals surface area contributed by atoms with Gasteiger partial charge in [0, 0.05) is 12.4 Å². The Kier molecular flexibility index (Phi) is 2.88. The van der Waals surface area contributed by atoms with Crippen molar-refractivity contribution in [2.75, 3.05) is 18.3 Å². The molecule has 0 aliphatic carbocycles. The molecule has 0 saturated carbocycles. The molecule has 106 valence electrons. The van der Waals surface area contributed by atoms with Crippen molar-refractivity contribution in [2.45, 2.75) is 6.42 Å². The summed E-state index contributed by atoms with van der Waals surface area (Å²) in [4.78, 5) is 4.34. The minimum absolute atomic E-state index is 0.316. The number of hydrogen-bond acceptors (Lipinski definition) is 5. The average Bonchev–Trinajstić information content (AvgIpc) is 3.17. The number of ether oxygens (including phenoxy) is 2. The van der Waals surface area contributed by atoms with E-state index in [0.29, 0.717) is 6.79 Å². The van der Waals surface area contributed by atoms with Gasteiger partial charge < -0.3 is 14.9 Å². The zero-order valence-corrected chi connectivity index (χ0v) is 11.5. The number of nitrogens with one attached hydrogen (secondary N) is 1. The highest BCUT2D eigenvalue weighted by atomic mass is 16.7. The van der Waals surface area contributed by atoms with Crippen LogP contribution in [0.5, 0.6) is 11.5 Å². The molecular weight excluding hydrogens is 266 g/mol. The van der Waals surface area contributed by atoms with Crippen molar-refractivity contribution in [3.63, 3.8) is 0 Å². The van der Waals surface area contributed by atoms with Crippen LogP contribution < -0.4 is 19.9 Å². The van der Waals surface area contributed by atoms with Crippen molar-refractivity contribution in [2.24, 2.45) is 0 Å². The molecule has 1 N–H and O–H groups in total. The molecule has 0 unspecified atom stereocenters. The number of aromatic nitrogens is 1. The van der Waals surface area contributed by atoms with E-state index in [9.17, 15) is 0 Å². The van der Waals surface area contributed by atoms with Crippen molar-refractivity contribution in [3.05, 3.63) is 59.9 Å². The molecule has 2 aliphatic rings. The largest absolute Gasteiger partial charge is 0.454 e. The van der Waals surface area contributed by atoms with Gasteiger partial charge in [0.15, 0.2) is 11.5 Å². The molecule has 1 aromatic carbocycles. The molecule has 0 amide bonds. The van der Waals surface area contributed by atoms with Gasteiger partial charge in [-0.2, -0.15) is 0 Å². The van der Waals surface area contributed by atoms with Gasteiger partial charge in [0.25, 0.3) is 0 Å². The molecule has 1 aromatic heterocycles. The standard InChI is InChI=1S/C16H15N3O2/c1-2-6-17-16(3-1)19-10-13(9-18-19)7-12-4-5-14-15(8-12)21-11-20-14/h1-6,8-9,18H,7,10-11H2. The Labute approximate surface area is 122 Å². The smallest absolute Gasteiger partial charge is 0.231 e. The SMILES string of the molecule is C1=C(Cc2ccc3c(c2)OCO3)CN(c2ccccn2)N1. The second-order valence-electron chi connectivity index (χ2n) is 5.07. The van der Waals surface area contributed by atoms with E-state index in [4.69, 9.17) is 9.47 Å². The number of hydrogen-bond donors (Lipinski definition) is 1. The third-order valence-electron chi connectivity index (χ3n) is 3.58. The summed E-state index contributed by atoms with van der Waals surface area (Å²) in [6.07, 6.45) is 4.72. The van der Waals surface area contributed by atoms with Crippen LogP contribution in [0.15, 0.2) is 54.4 Å². The maximum Gasteiger partial charge on any atom is 0.231 e. The minimum atomic E-state index is 0.316. The summed E-state index contributed by atoms with van der Waals surface area (Å²) in [6, 6.07) is 12.0. The van der Waals surface area contributed by atoms with Crippen LogP contribution in [0.3, 0.4) is 0 Å². The highest BCUT2D eigenvalue weighted by molar-refractivity contribution is 5.47. The molecule has 5 nitrogen and oxygen atoms in total. The van der Waals surface area contributed by atoms with E-state index >= 15 is 0 Å². The summed E-state index contributed by atoms with van der Waals surface area (Å²) in [6.45, 7) is 1.14. The Bertz CT molecular complexity index is 685. The first-order valence-electron chi connectivity index (χ1n) is 6.90. The molecule has 21 heavy (non-hydrogen) atoms. The topological polar surface area (TPSA) is 46.6 Å². The summed E-state index contributed by atoms with van der Waals surface area (Å²) in [5.41, 5.74) is 5.77. The predicted octanol–water partition coefficient (Wildman–Crippen LogP) is 2.26. The van der Waals surface area contributed by atoms with Gasteiger partial charge in [-0.15, -0.1) is 0 Å². The van der Waals surface area contributed by atoms with Crippen LogP contribution in [-0.4, -0.2) is 18.3 Å². The Hall–Kier alpha value is -2.69. The lowest BCUT2D eigenvalue weighted by Crippen LogP contribution is -2.30. The van der Waals surface area contributed by atoms with Gasteiger partial charge in [-0.25, -0.2) is 4.98 Å². The Morgan fingerprint density at radius 2 is 2.10 bits per heavy atom. The van der Waals surface area contributed by atoms with Gasteiger partial charge in [0.05, 0.1) is 6.54 Å². The van der Waals surface area contributed by atoms with E-state index in [1.54, 1.807) is 6.20 Å². The molecule has 5 heteroatoms. The van der Waals surface area contributed by atoms with Gasteiger partial charge in [-0.3, -0.25) is 5.01 Å². The quantitative estimate of drug-likeness (QED) is 0.935. The van der Waals surface area contributed by atoms with E-state index in [1.807, 2.05) is 41.5 Å². The van der Waals surface area contributed by atoms with Crippen LogP contribution in [-0.2, 0) is 6.42 Å². The van der Waals surface area contributed by atoms with Crippen molar-refractivity contribution < 1.29 is 9.47 Å². The van der Waals surface area contributed by atoms with Gasteiger partial charge in [-0.1, -0.05) is 12.1 Å². The lowest BCUT2D eigenvalue weighted by Gasteiger charge is -2.17. The number of anilines is 1. The summed E-state index contributed by atoms with van der Waals surface area (Å²) in [5.74, 6) is 2.59. The van der Waals surface area contributed by atoms with Gasteiger partial charge in [0.2, 0.25) is 6.79 Å². The number of hydrazine groups is 1. The van der Waals surface area contributed by atoms with Gasteiger partial charge in [-0.05, 0) is 41.8 Å². The fourth-order valence-electron chi connectivity index (χ4n) is 2.54. The van der Waals surface area contributed by atoms with Crippen LogP contribution in [0.4, 0.5) is 5.82 Å². The molecule has 2 aliphatic heterocycles. The molecule has 0 radical (unpaired) electrons. The monoisotopic (exact) mass is 281 g/mol. The molecule has 0 spiro atoms. The molecule has 0 bridgehead atoms. The van der Waals surface area contributed by atoms with E-state index in [-0.39, 0.29) is 0 Å². The van der Waals surface area contributed by atoms with E-state index in [1.165, 1.54) is 11.1 Å². The average molecular weight is 281 g/mol. The maximum atomic E-state index is 5.42. The number of pyridine rings is 1. The third kappa shape index (κ3) is 2.38. The van der Waals surface area contributed by atoms with Crippen LogP contribution in [0, 0.1) is 0 Å². The lowest BCUT2D eigenvalue weighted by atomic mass is 10.1. The fourth-order valence-corrected chi connectivity index (χ4v) is 2.54. The fraction of sp³-hybridized carbons (Fsp3) is 0.188. The molecule has 4 rings (SSSR count). The third-order valence-corrected chi connectivity index (χ3v) is 3.58. The lowest BCUT2D eigenvalue weighted by molar-refractivity contribution is 0.174. The number of fused-ring (bicyclic) bond motifs is 1. The molecule has 0 saturated heterocycles. The molecule has 3 heterocycles. The van der Waals surface area contributed by atoms with Crippen molar-refractivity contribution in [1.29, 1.82) is 0 Å². The van der Waals surface area contributed by atoms with E-state index in [0.717, 1.165) is 30.3 Å². The second-order valence-corrected chi connectivity index (χ2v) is 5.07. The summed E-state index contributed by atoms with van der Waals surface area (Å²) < 4.78 is 10.7. The van der Waals surface area contributed by atoms with E-state index < -0.39 is 0 Å². The van der Waals surface area contributed by atoms with Crippen LogP contribution >= 0.6 is 0 Å². The van der Waals surface area contributed by atoms with Crippen LogP contribution in [0.1, 0.15) is 5.56 Å². The molecule has 0 atom stereocenters. The van der Waals surface area contributed by atoms with Gasteiger partial charge in [0.1, 0.15) is 5.82 Å². The highest BCUT2D eigenvalue weighted by Crippen LogP contribution is 2.33. The van der Waals surface area contributed by atoms with Crippen LogP contribution in [0.2, 0.25) is 0 Å². The minimum Gasteiger partial charge on any atom is -0.454 e. The predicted molar refractivity (Wildman–Crippen MR) is 79.1 cm³/mol. The Morgan fingerprint density at radius 3 is 3.00 bits per heavy atom. The van der Waals surface area contributed by atoms with Crippen molar-refractivity contribution in [1.82, 2.24) is 10.4 Å². The van der Waals surface area contributed by atoms with Crippen molar-refractivity contribution in [3.8, 4) is 11.5 Å². The first-order chi connectivity index (χ1) is 10.4. The Morgan fingerprint density at radius 1 is 1.14 bits per heavy atom. The zero-order chi connectivity index (χ0) is 14.1. The first kappa shape index (κ1) is 12.1. The normalized spacial score (nSPS) is 15.8. The maximum absolute atomic E-state index is 5.42. The number of nitrogens with zero attached hydrogens (tertiary/aromatic N) is 2. The Balaban J connectivity index is 1.45. The summed E-state index contributed by atoms with van der Waals surface area (Å²) in [7, 11) is 0. The first-order valence-corrected chi connectivity index (χ1v) is 6.90. The van der Waals surface area contributed by atoms with Gasteiger partial charge >= 0.3 is 0 Å². The highest BCUT2D eigenvalue weighted by Gasteiger charge is 2.17. The molecular formula is C16H15N3O2. The van der Waals surface area contributed by atoms with Crippen molar-refractivity contribution >= 4 is 5.82 Å². The van der Waals surface area contributed by atoms with E-state index in [2.05, 4.69) is 16.5 Å². The zero-order valence-electron chi connectivity index (χ0n) is 11.5. The molecule has 2 aromatic rings. The summed E-state index contributed by atoms with van der Waals surface area (Å²) >= 11 is 0. The second kappa shape index (κ2) is 5.01. The molecule has 0 fully saturated rings. The summed E-state index contributed by atoms with van der Waals surface area (Å²) in [5, 5.41) is 2.03. The van der Waals surface area contributed by atoms with Crippen LogP contribution in [0.25, 0.3) is 0 Å². The number of rotatable bonds is 3. The number of benzene rings is 1.